The molecule has 1 fully saturated rings. The standard InChI is InChI=1S/C13H16N4O4/c1-9(16-7-6-14-12(18)8-16)13(19)15-10-4-2-3-5-11(10)17(20)21/h2-5,9H,6-8H2,1H3,(H,14,18)(H,15,19)/t9-/m0/s1. The number of nitro groups is 1. The smallest absolute Gasteiger partial charge is 0.292 e. The Morgan fingerprint density at radius 2 is 2.19 bits per heavy atom. The van der Waals surface area contributed by atoms with Crippen molar-refractivity contribution in [3.63, 3.8) is 0 Å². The van der Waals surface area contributed by atoms with Crippen LogP contribution in [0.1, 0.15) is 6.92 Å². The van der Waals surface area contributed by atoms with Crippen molar-refractivity contribution in [3.05, 3.63) is 34.4 Å². The Bertz CT molecular complexity index is 575. The SMILES string of the molecule is C[C@@H](C(=O)Nc1ccccc1[N+](=O)[O-])N1CCNC(=O)C1. The molecule has 112 valence electrons. The van der Waals surface area contributed by atoms with E-state index in [9.17, 15) is 19.7 Å². The second kappa shape index (κ2) is 6.31. The molecule has 1 saturated heterocycles. The number of piperazine rings is 1. The van der Waals surface area contributed by atoms with E-state index >= 15 is 0 Å². The van der Waals surface area contributed by atoms with E-state index in [0.29, 0.717) is 13.1 Å². The maximum absolute atomic E-state index is 12.2. The van der Waals surface area contributed by atoms with E-state index in [2.05, 4.69) is 10.6 Å². The largest absolute Gasteiger partial charge is 0.354 e. The fourth-order valence-electron chi connectivity index (χ4n) is 2.13. The van der Waals surface area contributed by atoms with E-state index in [4.69, 9.17) is 0 Å². The van der Waals surface area contributed by atoms with Gasteiger partial charge in [0, 0.05) is 19.2 Å². The van der Waals surface area contributed by atoms with Crippen molar-refractivity contribution in [2.45, 2.75) is 13.0 Å². The molecule has 0 radical (unpaired) electrons. The normalized spacial score (nSPS) is 16.9. The van der Waals surface area contributed by atoms with Crippen molar-refractivity contribution < 1.29 is 14.5 Å². The molecular formula is C13H16N4O4. The Morgan fingerprint density at radius 3 is 2.86 bits per heavy atom. The highest BCUT2D eigenvalue weighted by Gasteiger charge is 2.27. The van der Waals surface area contributed by atoms with Crippen LogP contribution in [0.25, 0.3) is 0 Å². The highest BCUT2D eigenvalue weighted by molar-refractivity contribution is 5.96. The predicted octanol–water partition coefficient (Wildman–Crippen LogP) is 0.354. The second-order valence-corrected chi connectivity index (χ2v) is 4.76. The minimum absolute atomic E-state index is 0.133. The Hall–Kier alpha value is -2.48. The lowest BCUT2D eigenvalue weighted by molar-refractivity contribution is -0.383. The quantitative estimate of drug-likeness (QED) is 0.615. The maximum atomic E-state index is 12.2. The zero-order chi connectivity index (χ0) is 15.4. The highest BCUT2D eigenvalue weighted by atomic mass is 16.6. The Kier molecular flexibility index (Phi) is 4.49. The molecule has 1 aromatic carbocycles. The number of carbonyl (C=O) groups excluding carboxylic acids is 2. The number of nitrogens with zero attached hydrogens (tertiary/aromatic N) is 2. The Morgan fingerprint density at radius 1 is 1.48 bits per heavy atom. The Balaban J connectivity index is 2.07. The van der Waals surface area contributed by atoms with Gasteiger partial charge in [0.15, 0.2) is 0 Å². The summed E-state index contributed by atoms with van der Waals surface area (Å²) in [7, 11) is 0. The first-order valence-electron chi connectivity index (χ1n) is 6.54. The molecule has 1 aliphatic heterocycles. The first-order valence-corrected chi connectivity index (χ1v) is 6.54. The summed E-state index contributed by atoms with van der Waals surface area (Å²) in [6.45, 7) is 2.87. The van der Waals surface area contributed by atoms with Gasteiger partial charge in [-0.3, -0.25) is 24.6 Å². The molecule has 1 aromatic rings. The van der Waals surface area contributed by atoms with Crippen LogP contribution in [0.2, 0.25) is 0 Å². The molecular weight excluding hydrogens is 276 g/mol. The van der Waals surface area contributed by atoms with Gasteiger partial charge in [0.25, 0.3) is 5.69 Å². The summed E-state index contributed by atoms with van der Waals surface area (Å²) in [5, 5.41) is 16.1. The van der Waals surface area contributed by atoms with E-state index in [-0.39, 0.29) is 29.7 Å². The van der Waals surface area contributed by atoms with Gasteiger partial charge in [0.05, 0.1) is 17.5 Å². The van der Waals surface area contributed by atoms with Gasteiger partial charge in [-0.25, -0.2) is 0 Å². The zero-order valence-corrected chi connectivity index (χ0v) is 11.5. The molecule has 2 amide bonds. The molecule has 1 aliphatic rings. The first kappa shape index (κ1) is 14.9. The van der Waals surface area contributed by atoms with E-state index < -0.39 is 11.0 Å². The third kappa shape index (κ3) is 3.54. The average Bonchev–Trinajstić information content (AvgIpc) is 2.46. The summed E-state index contributed by atoms with van der Waals surface area (Å²) < 4.78 is 0. The number of nitro benzene ring substituents is 1. The van der Waals surface area contributed by atoms with Crippen molar-refractivity contribution in [1.82, 2.24) is 10.2 Å². The summed E-state index contributed by atoms with van der Waals surface area (Å²) in [6.07, 6.45) is 0. The Labute approximate surface area is 121 Å². The molecule has 8 nitrogen and oxygen atoms in total. The summed E-state index contributed by atoms with van der Waals surface area (Å²) in [4.78, 5) is 35.6. The van der Waals surface area contributed by atoms with Crippen LogP contribution >= 0.6 is 0 Å². The van der Waals surface area contributed by atoms with Gasteiger partial charge in [-0.05, 0) is 13.0 Å². The summed E-state index contributed by atoms with van der Waals surface area (Å²) in [5.74, 6) is -0.509. The molecule has 8 heteroatoms. The number of rotatable bonds is 4. The van der Waals surface area contributed by atoms with Crippen molar-refractivity contribution in [1.29, 1.82) is 0 Å². The van der Waals surface area contributed by atoms with Crippen LogP contribution in [0.15, 0.2) is 24.3 Å². The molecule has 21 heavy (non-hydrogen) atoms. The van der Waals surface area contributed by atoms with Crippen LogP contribution < -0.4 is 10.6 Å². The molecule has 0 bridgehead atoms. The van der Waals surface area contributed by atoms with Crippen LogP contribution in [0.4, 0.5) is 11.4 Å². The molecule has 0 spiro atoms. The number of hydrogen-bond acceptors (Lipinski definition) is 5. The van der Waals surface area contributed by atoms with Crippen molar-refractivity contribution in [2.75, 3.05) is 25.0 Å². The average molecular weight is 292 g/mol. The van der Waals surface area contributed by atoms with E-state index in [0.717, 1.165) is 0 Å². The second-order valence-electron chi connectivity index (χ2n) is 4.76. The molecule has 0 aromatic heterocycles. The number of carbonyl (C=O) groups is 2. The van der Waals surface area contributed by atoms with E-state index in [1.807, 2.05) is 0 Å². The molecule has 0 aliphatic carbocycles. The summed E-state index contributed by atoms with van der Waals surface area (Å²) in [5.41, 5.74) is -0.00440. The highest BCUT2D eigenvalue weighted by Crippen LogP contribution is 2.23. The molecule has 0 saturated carbocycles. The van der Waals surface area contributed by atoms with Gasteiger partial charge in [-0.1, -0.05) is 12.1 Å². The molecule has 2 rings (SSSR count). The number of nitrogens with one attached hydrogen (secondary N) is 2. The summed E-state index contributed by atoms with van der Waals surface area (Å²) >= 11 is 0. The third-order valence-corrected chi connectivity index (χ3v) is 3.35. The van der Waals surface area contributed by atoms with Crippen molar-refractivity contribution in [3.8, 4) is 0 Å². The fraction of sp³-hybridized carbons (Fsp3) is 0.385. The number of benzene rings is 1. The van der Waals surface area contributed by atoms with E-state index in [1.165, 1.54) is 18.2 Å². The van der Waals surface area contributed by atoms with Gasteiger partial charge in [0.2, 0.25) is 11.8 Å². The predicted molar refractivity (Wildman–Crippen MR) is 75.8 cm³/mol. The molecule has 2 N–H and O–H groups in total. The van der Waals surface area contributed by atoms with Crippen molar-refractivity contribution >= 4 is 23.2 Å². The molecule has 1 atom stereocenters. The fourth-order valence-corrected chi connectivity index (χ4v) is 2.13. The summed E-state index contributed by atoms with van der Waals surface area (Å²) in [6, 6.07) is 5.41. The number of hydrogen-bond donors (Lipinski definition) is 2. The third-order valence-electron chi connectivity index (χ3n) is 3.35. The van der Waals surface area contributed by atoms with Gasteiger partial charge < -0.3 is 10.6 Å². The van der Waals surface area contributed by atoms with Gasteiger partial charge in [-0.2, -0.15) is 0 Å². The van der Waals surface area contributed by atoms with Crippen LogP contribution in [-0.2, 0) is 9.59 Å². The maximum Gasteiger partial charge on any atom is 0.292 e. The van der Waals surface area contributed by atoms with Crippen LogP contribution in [-0.4, -0.2) is 47.3 Å². The minimum atomic E-state index is -0.547. The van der Waals surface area contributed by atoms with Gasteiger partial charge in [0.1, 0.15) is 5.69 Å². The van der Waals surface area contributed by atoms with Crippen LogP contribution in [0.3, 0.4) is 0 Å². The lowest BCUT2D eigenvalue weighted by Crippen LogP contribution is -2.53. The number of anilines is 1. The first-order chi connectivity index (χ1) is 9.99. The monoisotopic (exact) mass is 292 g/mol. The lowest BCUT2D eigenvalue weighted by atomic mass is 10.2. The van der Waals surface area contributed by atoms with Crippen LogP contribution in [0.5, 0.6) is 0 Å². The molecule has 1 heterocycles. The zero-order valence-electron chi connectivity index (χ0n) is 11.5. The van der Waals surface area contributed by atoms with Crippen molar-refractivity contribution in [2.24, 2.45) is 0 Å². The molecule has 0 unspecified atom stereocenters. The number of para-hydroxylation sites is 2. The van der Waals surface area contributed by atoms with Gasteiger partial charge >= 0.3 is 0 Å². The van der Waals surface area contributed by atoms with Crippen LogP contribution in [0, 0.1) is 10.1 Å². The lowest BCUT2D eigenvalue weighted by Gasteiger charge is -2.31. The minimum Gasteiger partial charge on any atom is -0.354 e. The number of amides is 2. The van der Waals surface area contributed by atoms with Gasteiger partial charge in [-0.15, -0.1) is 0 Å². The topological polar surface area (TPSA) is 105 Å². The van der Waals surface area contributed by atoms with E-state index in [1.54, 1.807) is 17.9 Å².